The Bertz CT molecular complexity index is 1090. The molecule has 4 rings (SSSR count). The van der Waals surface area contributed by atoms with Crippen LogP contribution in [0.25, 0.3) is 0 Å². The van der Waals surface area contributed by atoms with Crippen LogP contribution in [0.15, 0.2) is 91.0 Å². The quantitative estimate of drug-likeness (QED) is 0.166. The molecule has 0 N–H and O–H groups in total. The van der Waals surface area contributed by atoms with Gasteiger partial charge in [-0.25, -0.2) is 0 Å². The van der Waals surface area contributed by atoms with Crippen molar-refractivity contribution in [3.8, 4) is 0 Å². The fourth-order valence-electron chi connectivity index (χ4n) is 4.71. The molecule has 1 aliphatic rings. The van der Waals surface area contributed by atoms with Gasteiger partial charge in [0, 0.05) is 17.4 Å². The normalized spacial score (nSPS) is 15.6. The van der Waals surface area contributed by atoms with Crippen LogP contribution in [-0.2, 0) is 17.6 Å². The van der Waals surface area contributed by atoms with E-state index >= 15 is 0 Å². The number of amides is 1. The number of ketones is 1. The fourth-order valence-corrected chi connectivity index (χ4v) is 6.57. The number of carbonyl (C=O) groups excluding carboxylic acids is 2. The largest absolute Gasteiger partial charge is 0.327 e. The van der Waals surface area contributed by atoms with E-state index in [9.17, 15) is 9.59 Å². The molecule has 1 amide bonds. The van der Waals surface area contributed by atoms with Gasteiger partial charge < -0.3 is 4.90 Å². The van der Waals surface area contributed by atoms with Gasteiger partial charge >= 0.3 is 0 Å². The van der Waals surface area contributed by atoms with Crippen LogP contribution in [0.1, 0.15) is 53.6 Å². The SMILES string of the molecule is O=C(C(=O)N1CCCCC1C(=S)SC(CCc1ccccc1)CCc1ccccc1)c1ccccc1. The molecule has 0 saturated carbocycles. The molecule has 1 aliphatic heterocycles. The molecule has 1 heterocycles. The van der Waals surface area contributed by atoms with Crippen molar-refractivity contribution in [3.63, 3.8) is 0 Å². The molecule has 0 radical (unpaired) electrons. The number of carbonyl (C=O) groups is 2. The first kappa shape index (κ1) is 26.3. The van der Waals surface area contributed by atoms with Gasteiger partial charge in [-0.2, -0.15) is 0 Å². The molecule has 0 bridgehead atoms. The monoisotopic (exact) mass is 515 g/mol. The van der Waals surface area contributed by atoms with Crippen LogP contribution in [0.3, 0.4) is 0 Å². The third-order valence-electron chi connectivity index (χ3n) is 6.74. The number of piperidine rings is 1. The second kappa shape index (κ2) is 13.5. The summed E-state index contributed by atoms with van der Waals surface area (Å²) in [5.41, 5.74) is 3.10. The molecule has 1 unspecified atom stereocenters. The Morgan fingerprint density at radius 2 is 1.33 bits per heavy atom. The summed E-state index contributed by atoms with van der Waals surface area (Å²) in [6.45, 7) is 0.585. The summed E-state index contributed by atoms with van der Waals surface area (Å²) in [4.78, 5) is 27.9. The summed E-state index contributed by atoms with van der Waals surface area (Å²) < 4.78 is 0.843. The summed E-state index contributed by atoms with van der Waals surface area (Å²) in [6, 6.07) is 29.8. The van der Waals surface area contributed by atoms with E-state index in [1.165, 1.54) is 11.1 Å². The highest BCUT2D eigenvalue weighted by Crippen LogP contribution is 2.30. The minimum Gasteiger partial charge on any atom is -0.327 e. The van der Waals surface area contributed by atoms with E-state index in [1.807, 2.05) is 18.2 Å². The topological polar surface area (TPSA) is 37.4 Å². The van der Waals surface area contributed by atoms with E-state index in [0.29, 0.717) is 17.4 Å². The van der Waals surface area contributed by atoms with Crippen LogP contribution in [-0.4, -0.2) is 38.6 Å². The van der Waals surface area contributed by atoms with Crippen LogP contribution >= 0.6 is 24.0 Å². The molecule has 0 aromatic heterocycles. The van der Waals surface area contributed by atoms with Crippen molar-refractivity contribution in [2.24, 2.45) is 0 Å². The van der Waals surface area contributed by atoms with Gasteiger partial charge in [0.2, 0.25) is 5.78 Å². The summed E-state index contributed by atoms with van der Waals surface area (Å²) >= 11 is 7.71. The van der Waals surface area contributed by atoms with Gasteiger partial charge in [0.1, 0.15) is 0 Å². The van der Waals surface area contributed by atoms with E-state index < -0.39 is 11.7 Å². The third kappa shape index (κ3) is 7.37. The molecule has 1 fully saturated rings. The Morgan fingerprint density at radius 1 is 0.806 bits per heavy atom. The first-order valence-electron chi connectivity index (χ1n) is 12.8. The number of rotatable bonds is 10. The van der Waals surface area contributed by atoms with Gasteiger partial charge in [0.25, 0.3) is 5.91 Å². The average Bonchev–Trinajstić information content (AvgIpc) is 2.95. The van der Waals surface area contributed by atoms with Gasteiger partial charge in [-0.1, -0.05) is 103 Å². The van der Waals surface area contributed by atoms with E-state index in [0.717, 1.165) is 49.1 Å². The van der Waals surface area contributed by atoms with Crippen LogP contribution in [0, 0.1) is 0 Å². The van der Waals surface area contributed by atoms with Crippen molar-refractivity contribution in [3.05, 3.63) is 108 Å². The standard InChI is InChI=1S/C31H33NO2S2/c33-29(26-16-8-3-9-17-26)30(34)32-23-11-10-18-28(32)31(35)36-27(21-19-24-12-4-1-5-13-24)22-20-25-14-6-2-7-15-25/h1-9,12-17,27-28H,10-11,18-23H2. The summed E-state index contributed by atoms with van der Waals surface area (Å²) in [5.74, 6) is -0.876. The van der Waals surface area contributed by atoms with Crippen LogP contribution in [0.5, 0.6) is 0 Å². The zero-order valence-corrected chi connectivity index (χ0v) is 22.2. The summed E-state index contributed by atoms with van der Waals surface area (Å²) in [7, 11) is 0. The molecule has 186 valence electrons. The number of benzene rings is 3. The molecule has 36 heavy (non-hydrogen) atoms. The molecule has 0 spiro atoms. The summed E-state index contributed by atoms with van der Waals surface area (Å²) in [5, 5.41) is 0.349. The predicted octanol–water partition coefficient (Wildman–Crippen LogP) is 6.95. The fraction of sp³-hybridized carbons (Fsp3) is 0.323. The molecule has 1 atom stereocenters. The van der Waals surface area contributed by atoms with Crippen molar-refractivity contribution in [1.29, 1.82) is 0 Å². The molecule has 1 saturated heterocycles. The lowest BCUT2D eigenvalue weighted by Gasteiger charge is -2.36. The van der Waals surface area contributed by atoms with Crippen molar-refractivity contribution in [2.45, 2.75) is 56.2 Å². The minimum atomic E-state index is -0.444. The van der Waals surface area contributed by atoms with Crippen LogP contribution < -0.4 is 0 Å². The second-order valence-corrected chi connectivity index (χ2v) is 11.4. The number of hydrogen-bond donors (Lipinski definition) is 0. The lowest BCUT2D eigenvalue weighted by atomic mass is 10.0. The molecule has 3 aromatic carbocycles. The van der Waals surface area contributed by atoms with Crippen LogP contribution in [0.2, 0.25) is 0 Å². The lowest BCUT2D eigenvalue weighted by molar-refractivity contribution is -0.128. The highest BCUT2D eigenvalue weighted by Gasteiger charge is 2.34. The van der Waals surface area contributed by atoms with Gasteiger partial charge in [-0.05, 0) is 56.1 Å². The number of likely N-dealkylation sites (tertiary alicyclic amines) is 1. The molecule has 5 heteroatoms. The minimum absolute atomic E-state index is 0.171. The van der Waals surface area contributed by atoms with Gasteiger partial charge in [-0.3, -0.25) is 9.59 Å². The Morgan fingerprint density at radius 3 is 1.89 bits per heavy atom. The Balaban J connectivity index is 1.44. The average molecular weight is 516 g/mol. The maximum Gasteiger partial charge on any atom is 0.295 e. The number of thioether (sulfide) groups is 1. The number of Topliss-reactive ketones (excluding diaryl/α,β-unsaturated/α-hetero) is 1. The van der Waals surface area contributed by atoms with Crippen molar-refractivity contribution < 1.29 is 9.59 Å². The smallest absolute Gasteiger partial charge is 0.295 e. The van der Waals surface area contributed by atoms with E-state index in [2.05, 4.69) is 48.5 Å². The first-order chi connectivity index (χ1) is 17.6. The second-order valence-electron chi connectivity index (χ2n) is 9.31. The van der Waals surface area contributed by atoms with Crippen molar-refractivity contribution >= 4 is 39.9 Å². The summed E-state index contributed by atoms with van der Waals surface area (Å²) in [6.07, 6.45) is 6.78. The van der Waals surface area contributed by atoms with Gasteiger partial charge in [0.05, 0.1) is 10.2 Å². The lowest BCUT2D eigenvalue weighted by Crippen LogP contribution is -2.49. The highest BCUT2D eigenvalue weighted by molar-refractivity contribution is 8.23. The Hall–Kier alpha value is -2.76. The first-order valence-corrected chi connectivity index (χ1v) is 14.1. The number of thiocarbonyl (C=S) groups is 1. The van der Waals surface area contributed by atoms with Crippen molar-refractivity contribution in [2.75, 3.05) is 6.54 Å². The molecular weight excluding hydrogens is 482 g/mol. The third-order valence-corrected chi connectivity index (χ3v) is 8.61. The van der Waals surface area contributed by atoms with Gasteiger partial charge in [0.15, 0.2) is 0 Å². The molecule has 0 aliphatic carbocycles. The maximum absolute atomic E-state index is 13.2. The van der Waals surface area contributed by atoms with Crippen molar-refractivity contribution in [1.82, 2.24) is 4.90 Å². The number of aryl methyl sites for hydroxylation is 2. The van der Waals surface area contributed by atoms with Gasteiger partial charge in [-0.15, -0.1) is 11.8 Å². The van der Waals surface area contributed by atoms with E-state index in [1.54, 1.807) is 40.9 Å². The van der Waals surface area contributed by atoms with Crippen LogP contribution in [0.4, 0.5) is 0 Å². The Kier molecular flexibility index (Phi) is 9.88. The zero-order valence-electron chi connectivity index (χ0n) is 20.6. The van der Waals surface area contributed by atoms with E-state index in [-0.39, 0.29) is 6.04 Å². The van der Waals surface area contributed by atoms with E-state index in [4.69, 9.17) is 12.2 Å². The maximum atomic E-state index is 13.2. The number of nitrogens with zero attached hydrogens (tertiary/aromatic N) is 1. The molecule has 3 nitrogen and oxygen atoms in total. The molecule has 3 aromatic rings. The highest BCUT2D eigenvalue weighted by atomic mass is 32.2. The zero-order chi connectivity index (χ0) is 25.2. The molecular formula is C31H33NO2S2. The number of hydrogen-bond acceptors (Lipinski definition) is 4. The Labute approximate surface area is 224 Å². The predicted molar refractivity (Wildman–Crippen MR) is 154 cm³/mol.